The molecule has 0 N–H and O–H groups in total. The topological polar surface area (TPSA) is 78.9 Å². The number of carbonyl (C=O) groups excluding carboxylic acids is 3. The fourth-order valence-corrected chi connectivity index (χ4v) is 8.34. The van der Waals surface area contributed by atoms with E-state index in [1.165, 1.54) is 186 Å². The second-order valence-electron chi connectivity index (χ2n) is 19.8. The molecule has 0 aliphatic carbocycles. The van der Waals surface area contributed by atoms with Crippen molar-refractivity contribution in [1.29, 1.82) is 0 Å². The standard InChI is InChI=1S/C55H106O6/c1-6-7-8-33-40-45-53(56)59-48-52(61-55(58)47-42-37-32-28-24-20-16-15-18-22-26-30-35-39-44-51(4)5)49-60-54(57)46-41-36-31-27-23-19-14-12-10-9-11-13-17-21-25-29-34-38-43-50(2)3/h50-52H,6-49H2,1-5H3/t52-/m0/s1. The van der Waals surface area contributed by atoms with Crippen molar-refractivity contribution in [2.45, 2.75) is 310 Å². The third-order valence-corrected chi connectivity index (χ3v) is 12.5. The molecule has 0 unspecified atom stereocenters. The van der Waals surface area contributed by atoms with E-state index in [4.69, 9.17) is 14.2 Å². The molecular formula is C55H106O6. The van der Waals surface area contributed by atoms with Crippen molar-refractivity contribution in [3.63, 3.8) is 0 Å². The summed E-state index contributed by atoms with van der Waals surface area (Å²) >= 11 is 0. The summed E-state index contributed by atoms with van der Waals surface area (Å²) in [5, 5.41) is 0. The van der Waals surface area contributed by atoms with Crippen molar-refractivity contribution < 1.29 is 28.6 Å². The van der Waals surface area contributed by atoms with Crippen LogP contribution >= 0.6 is 0 Å². The Labute approximate surface area is 380 Å². The van der Waals surface area contributed by atoms with Gasteiger partial charge in [-0.25, -0.2) is 0 Å². The number of esters is 3. The normalized spacial score (nSPS) is 12.0. The van der Waals surface area contributed by atoms with Crippen LogP contribution in [-0.2, 0) is 28.6 Å². The Bertz CT molecular complexity index is 931. The van der Waals surface area contributed by atoms with Crippen molar-refractivity contribution in [2.24, 2.45) is 11.8 Å². The Hall–Kier alpha value is -1.59. The van der Waals surface area contributed by atoms with E-state index in [1.54, 1.807) is 0 Å². The van der Waals surface area contributed by atoms with Crippen LogP contribution in [0.25, 0.3) is 0 Å². The third kappa shape index (κ3) is 49.3. The molecule has 1 atom stereocenters. The summed E-state index contributed by atoms with van der Waals surface area (Å²) < 4.78 is 16.7. The maximum atomic E-state index is 12.7. The summed E-state index contributed by atoms with van der Waals surface area (Å²) in [4.78, 5) is 37.7. The molecule has 0 spiro atoms. The van der Waals surface area contributed by atoms with Gasteiger partial charge in [0.2, 0.25) is 0 Å². The second kappa shape index (κ2) is 47.9. The Morgan fingerprint density at radius 3 is 0.803 bits per heavy atom. The number of carbonyl (C=O) groups is 3. The maximum Gasteiger partial charge on any atom is 0.306 e. The summed E-state index contributed by atoms with van der Waals surface area (Å²) in [6.07, 6.45) is 49.9. The molecule has 0 rings (SSSR count). The van der Waals surface area contributed by atoms with Gasteiger partial charge >= 0.3 is 17.9 Å². The van der Waals surface area contributed by atoms with E-state index >= 15 is 0 Å². The van der Waals surface area contributed by atoms with Crippen LogP contribution in [0.5, 0.6) is 0 Å². The second-order valence-corrected chi connectivity index (χ2v) is 19.8. The molecule has 6 nitrogen and oxygen atoms in total. The Morgan fingerprint density at radius 2 is 0.541 bits per heavy atom. The van der Waals surface area contributed by atoms with Crippen molar-refractivity contribution in [3.05, 3.63) is 0 Å². The lowest BCUT2D eigenvalue weighted by atomic mass is 10.0. The molecule has 0 aliphatic rings. The molecule has 6 heteroatoms. The fraction of sp³-hybridized carbons (Fsp3) is 0.945. The van der Waals surface area contributed by atoms with Crippen LogP contribution in [0.15, 0.2) is 0 Å². The molecule has 0 aliphatic heterocycles. The first-order chi connectivity index (χ1) is 29.7. The first kappa shape index (κ1) is 59.4. The van der Waals surface area contributed by atoms with Gasteiger partial charge in [0, 0.05) is 19.3 Å². The van der Waals surface area contributed by atoms with Gasteiger partial charge in [-0.1, -0.05) is 266 Å². The summed E-state index contributed by atoms with van der Waals surface area (Å²) in [7, 11) is 0. The van der Waals surface area contributed by atoms with Crippen LogP contribution in [0, 0.1) is 11.8 Å². The van der Waals surface area contributed by atoms with E-state index in [2.05, 4.69) is 34.6 Å². The molecule has 0 saturated heterocycles. The quantitative estimate of drug-likeness (QED) is 0.0344. The maximum absolute atomic E-state index is 12.7. The summed E-state index contributed by atoms with van der Waals surface area (Å²) in [5.74, 6) is 0.844. The van der Waals surface area contributed by atoms with Crippen LogP contribution < -0.4 is 0 Å². The Kier molecular flexibility index (Phi) is 46.6. The average molecular weight is 863 g/mol. The fourth-order valence-electron chi connectivity index (χ4n) is 8.34. The van der Waals surface area contributed by atoms with E-state index in [0.29, 0.717) is 19.3 Å². The lowest BCUT2D eigenvalue weighted by Gasteiger charge is -2.18. The molecule has 0 amide bonds. The molecule has 0 aromatic heterocycles. The number of hydrogen-bond donors (Lipinski definition) is 0. The van der Waals surface area contributed by atoms with Crippen LogP contribution in [0.4, 0.5) is 0 Å². The highest BCUT2D eigenvalue weighted by atomic mass is 16.6. The third-order valence-electron chi connectivity index (χ3n) is 12.5. The molecule has 0 saturated carbocycles. The minimum absolute atomic E-state index is 0.0642. The summed E-state index contributed by atoms with van der Waals surface area (Å²) in [6.45, 7) is 11.3. The average Bonchev–Trinajstić information content (AvgIpc) is 3.23. The van der Waals surface area contributed by atoms with Crippen molar-refractivity contribution >= 4 is 17.9 Å². The first-order valence-corrected chi connectivity index (χ1v) is 27.2. The lowest BCUT2D eigenvalue weighted by Crippen LogP contribution is -2.30. The molecule has 0 fully saturated rings. The monoisotopic (exact) mass is 863 g/mol. The molecule has 61 heavy (non-hydrogen) atoms. The number of unbranched alkanes of at least 4 members (excludes halogenated alkanes) is 34. The van der Waals surface area contributed by atoms with Crippen LogP contribution in [0.3, 0.4) is 0 Å². The molecule has 0 heterocycles. The smallest absolute Gasteiger partial charge is 0.306 e. The highest BCUT2D eigenvalue weighted by molar-refractivity contribution is 5.71. The molecule has 0 aromatic rings. The highest BCUT2D eigenvalue weighted by Crippen LogP contribution is 2.18. The predicted octanol–water partition coefficient (Wildman–Crippen LogP) is 17.7. The zero-order valence-corrected chi connectivity index (χ0v) is 41.8. The molecule has 362 valence electrons. The summed E-state index contributed by atoms with van der Waals surface area (Å²) in [6, 6.07) is 0. The molecule has 0 bridgehead atoms. The van der Waals surface area contributed by atoms with Gasteiger partial charge in [-0.05, 0) is 31.1 Å². The van der Waals surface area contributed by atoms with Crippen LogP contribution in [0.2, 0.25) is 0 Å². The minimum Gasteiger partial charge on any atom is -0.462 e. The van der Waals surface area contributed by atoms with Gasteiger partial charge in [0.1, 0.15) is 13.2 Å². The SMILES string of the molecule is CCCCCCCC(=O)OC[C@@H](COC(=O)CCCCCCCCCCCCCCCCCCCCC(C)C)OC(=O)CCCCCCCCCCCCCCCCC(C)C. The van der Waals surface area contributed by atoms with E-state index < -0.39 is 6.10 Å². The van der Waals surface area contributed by atoms with Crippen molar-refractivity contribution in [2.75, 3.05) is 13.2 Å². The van der Waals surface area contributed by atoms with Crippen LogP contribution in [0.1, 0.15) is 304 Å². The Morgan fingerprint density at radius 1 is 0.311 bits per heavy atom. The number of rotatable bonds is 49. The Balaban J connectivity index is 4.05. The molecule has 0 radical (unpaired) electrons. The zero-order chi connectivity index (χ0) is 44.7. The van der Waals surface area contributed by atoms with Gasteiger partial charge in [-0.2, -0.15) is 0 Å². The van der Waals surface area contributed by atoms with E-state index in [1.807, 2.05) is 0 Å². The van der Waals surface area contributed by atoms with Gasteiger partial charge in [0.15, 0.2) is 6.10 Å². The van der Waals surface area contributed by atoms with Gasteiger partial charge in [0.25, 0.3) is 0 Å². The largest absolute Gasteiger partial charge is 0.462 e. The van der Waals surface area contributed by atoms with Crippen LogP contribution in [-0.4, -0.2) is 37.2 Å². The number of ether oxygens (including phenoxy) is 3. The van der Waals surface area contributed by atoms with Gasteiger partial charge in [-0.3, -0.25) is 14.4 Å². The number of hydrogen-bond acceptors (Lipinski definition) is 6. The highest BCUT2D eigenvalue weighted by Gasteiger charge is 2.19. The van der Waals surface area contributed by atoms with Crippen molar-refractivity contribution in [3.8, 4) is 0 Å². The van der Waals surface area contributed by atoms with Gasteiger partial charge in [-0.15, -0.1) is 0 Å². The van der Waals surface area contributed by atoms with E-state index in [9.17, 15) is 14.4 Å². The van der Waals surface area contributed by atoms with Gasteiger partial charge < -0.3 is 14.2 Å². The lowest BCUT2D eigenvalue weighted by molar-refractivity contribution is -0.167. The van der Waals surface area contributed by atoms with Crippen molar-refractivity contribution in [1.82, 2.24) is 0 Å². The molecular weight excluding hydrogens is 757 g/mol. The van der Waals surface area contributed by atoms with Gasteiger partial charge in [0.05, 0.1) is 0 Å². The minimum atomic E-state index is -0.760. The van der Waals surface area contributed by atoms with E-state index in [-0.39, 0.29) is 31.1 Å². The van der Waals surface area contributed by atoms with E-state index in [0.717, 1.165) is 76.0 Å². The first-order valence-electron chi connectivity index (χ1n) is 27.2. The zero-order valence-electron chi connectivity index (χ0n) is 41.8. The summed E-state index contributed by atoms with van der Waals surface area (Å²) in [5.41, 5.74) is 0. The molecule has 0 aromatic carbocycles. The predicted molar refractivity (Wildman–Crippen MR) is 261 cm³/mol.